The normalized spacial score (nSPS) is 13.7. The first-order valence-electron chi connectivity index (χ1n) is 6.34. The van der Waals surface area contributed by atoms with Crippen LogP contribution in [0.25, 0.3) is 0 Å². The molecule has 0 aliphatic carbocycles. The molecule has 7 heteroatoms. The number of aliphatic hydroxyl groups excluding tert-OH is 1. The number of hydrogen-bond donors (Lipinski definition) is 2. The van der Waals surface area contributed by atoms with Crippen molar-refractivity contribution in [3.8, 4) is 0 Å². The van der Waals surface area contributed by atoms with E-state index in [9.17, 15) is 8.42 Å². The van der Waals surface area contributed by atoms with Crippen LogP contribution < -0.4 is 0 Å². The summed E-state index contributed by atoms with van der Waals surface area (Å²) in [5.74, 6) is 0. The fraction of sp³-hybridized carbons (Fsp3) is 1.00. The molecule has 0 aromatic carbocycles. The van der Waals surface area contributed by atoms with E-state index in [1.807, 2.05) is 0 Å². The summed E-state index contributed by atoms with van der Waals surface area (Å²) in [6, 6.07) is 0. The van der Waals surface area contributed by atoms with Gasteiger partial charge in [-0.25, -0.2) is 4.18 Å². The molecule has 110 valence electrons. The third-order valence-electron chi connectivity index (χ3n) is 2.41. The van der Waals surface area contributed by atoms with E-state index >= 15 is 0 Å². The Morgan fingerprint density at radius 2 is 1.72 bits per heavy atom. The Labute approximate surface area is 109 Å². The molecule has 0 amide bonds. The molecule has 0 bridgehead atoms. The second-order valence-electron chi connectivity index (χ2n) is 4.17. The Kier molecular flexibility index (Phi) is 10.6. The summed E-state index contributed by atoms with van der Waals surface area (Å²) >= 11 is 0. The predicted octanol–water partition coefficient (Wildman–Crippen LogP) is 1.54. The van der Waals surface area contributed by atoms with Crippen molar-refractivity contribution in [3.05, 3.63) is 0 Å². The van der Waals surface area contributed by atoms with Gasteiger partial charge in [-0.1, -0.05) is 39.0 Å². The zero-order valence-corrected chi connectivity index (χ0v) is 11.7. The van der Waals surface area contributed by atoms with Gasteiger partial charge in [-0.15, -0.1) is 0 Å². The fourth-order valence-corrected chi connectivity index (χ4v) is 1.94. The van der Waals surface area contributed by atoms with Gasteiger partial charge in [-0.05, 0) is 6.42 Å². The lowest BCUT2D eigenvalue weighted by molar-refractivity contribution is 0.0166. The molecule has 0 rings (SSSR count). The Bertz CT molecular complexity index is 277. The van der Waals surface area contributed by atoms with Crippen molar-refractivity contribution in [2.45, 2.75) is 51.6 Å². The van der Waals surface area contributed by atoms with Crippen molar-refractivity contribution in [1.82, 2.24) is 0 Å². The standard InChI is InChI=1S/C11H24O6S/c1-2-3-4-5-6-7-8-16-10-11(9-12)17-18(13,14)15/h11-12H,2-10H2,1H3,(H,13,14,15). The zero-order valence-electron chi connectivity index (χ0n) is 10.9. The second-order valence-corrected chi connectivity index (χ2v) is 5.22. The van der Waals surface area contributed by atoms with Gasteiger partial charge in [0.1, 0.15) is 6.10 Å². The quantitative estimate of drug-likeness (QED) is 0.417. The lowest BCUT2D eigenvalue weighted by Crippen LogP contribution is -2.27. The van der Waals surface area contributed by atoms with Gasteiger partial charge in [0.25, 0.3) is 0 Å². The highest BCUT2D eigenvalue weighted by molar-refractivity contribution is 7.80. The van der Waals surface area contributed by atoms with Gasteiger partial charge in [0.05, 0.1) is 13.2 Å². The highest BCUT2D eigenvalue weighted by Crippen LogP contribution is 2.05. The van der Waals surface area contributed by atoms with Crippen LogP contribution in [0.5, 0.6) is 0 Å². The summed E-state index contributed by atoms with van der Waals surface area (Å²) in [4.78, 5) is 0. The monoisotopic (exact) mass is 284 g/mol. The molecule has 18 heavy (non-hydrogen) atoms. The first-order chi connectivity index (χ1) is 8.49. The minimum Gasteiger partial charge on any atom is -0.394 e. The Morgan fingerprint density at radius 3 is 2.28 bits per heavy atom. The third-order valence-corrected chi connectivity index (χ3v) is 2.92. The smallest absolute Gasteiger partial charge is 0.394 e. The molecule has 1 atom stereocenters. The molecule has 0 radical (unpaired) electrons. The van der Waals surface area contributed by atoms with E-state index in [4.69, 9.17) is 14.4 Å². The average molecular weight is 284 g/mol. The van der Waals surface area contributed by atoms with Crippen LogP contribution in [0.1, 0.15) is 45.4 Å². The summed E-state index contributed by atoms with van der Waals surface area (Å²) in [5, 5.41) is 8.81. The number of rotatable bonds is 12. The van der Waals surface area contributed by atoms with Gasteiger partial charge in [-0.2, -0.15) is 8.42 Å². The van der Waals surface area contributed by atoms with Crippen molar-refractivity contribution in [2.24, 2.45) is 0 Å². The first kappa shape index (κ1) is 17.8. The Balaban J connectivity index is 3.46. The van der Waals surface area contributed by atoms with Gasteiger partial charge < -0.3 is 9.84 Å². The average Bonchev–Trinajstić information content (AvgIpc) is 2.29. The Hall–Kier alpha value is -0.210. The zero-order chi connectivity index (χ0) is 13.9. The molecule has 0 aromatic rings. The maximum Gasteiger partial charge on any atom is 0.397 e. The lowest BCUT2D eigenvalue weighted by Gasteiger charge is -2.12. The molecular weight excluding hydrogens is 260 g/mol. The van der Waals surface area contributed by atoms with Gasteiger partial charge in [-0.3, -0.25) is 4.55 Å². The minimum absolute atomic E-state index is 0.0503. The van der Waals surface area contributed by atoms with Crippen molar-refractivity contribution in [2.75, 3.05) is 19.8 Å². The molecular formula is C11H24O6S. The number of aliphatic hydroxyl groups is 1. The van der Waals surface area contributed by atoms with Gasteiger partial charge >= 0.3 is 10.4 Å². The van der Waals surface area contributed by atoms with Crippen LogP contribution >= 0.6 is 0 Å². The number of unbranched alkanes of at least 4 members (excludes halogenated alkanes) is 5. The fourth-order valence-electron chi connectivity index (χ4n) is 1.48. The SMILES string of the molecule is CCCCCCCCOCC(CO)OS(=O)(=O)O. The van der Waals surface area contributed by atoms with E-state index in [1.54, 1.807) is 0 Å². The number of ether oxygens (including phenoxy) is 1. The molecule has 0 aliphatic heterocycles. The van der Waals surface area contributed by atoms with Gasteiger partial charge in [0.2, 0.25) is 0 Å². The predicted molar refractivity (Wildman–Crippen MR) is 67.7 cm³/mol. The van der Waals surface area contributed by atoms with E-state index in [0.29, 0.717) is 6.61 Å². The molecule has 0 fully saturated rings. The van der Waals surface area contributed by atoms with E-state index in [-0.39, 0.29) is 6.61 Å². The summed E-state index contributed by atoms with van der Waals surface area (Å²) in [6.45, 7) is 2.09. The van der Waals surface area contributed by atoms with Crippen molar-refractivity contribution in [3.63, 3.8) is 0 Å². The molecule has 6 nitrogen and oxygen atoms in total. The van der Waals surface area contributed by atoms with Crippen LogP contribution in [-0.4, -0.2) is 44.0 Å². The second kappa shape index (κ2) is 10.7. The Morgan fingerprint density at radius 1 is 1.11 bits per heavy atom. The van der Waals surface area contributed by atoms with E-state index in [2.05, 4.69) is 11.1 Å². The summed E-state index contributed by atoms with van der Waals surface area (Å²) < 4.78 is 38.6. The van der Waals surface area contributed by atoms with Crippen molar-refractivity contribution in [1.29, 1.82) is 0 Å². The minimum atomic E-state index is -4.53. The maximum atomic E-state index is 10.4. The molecule has 0 heterocycles. The van der Waals surface area contributed by atoms with Crippen LogP contribution in [0.2, 0.25) is 0 Å². The molecule has 0 aromatic heterocycles. The summed E-state index contributed by atoms with van der Waals surface area (Å²) in [6.07, 6.45) is 5.78. The highest BCUT2D eigenvalue weighted by Gasteiger charge is 2.16. The largest absolute Gasteiger partial charge is 0.397 e. The lowest BCUT2D eigenvalue weighted by atomic mass is 10.1. The first-order valence-corrected chi connectivity index (χ1v) is 7.70. The van der Waals surface area contributed by atoms with Gasteiger partial charge in [0, 0.05) is 6.61 Å². The number of hydrogen-bond acceptors (Lipinski definition) is 5. The van der Waals surface area contributed by atoms with Gasteiger partial charge in [0.15, 0.2) is 0 Å². The van der Waals surface area contributed by atoms with Crippen LogP contribution in [0.4, 0.5) is 0 Å². The highest BCUT2D eigenvalue weighted by atomic mass is 32.3. The molecule has 0 spiro atoms. The summed E-state index contributed by atoms with van der Waals surface area (Å²) in [5.41, 5.74) is 0. The van der Waals surface area contributed by atoms with E-state index < -0.39 is 23.1 Å². The maximum absolute atomic E-state index is 10.4. The van der Waals surface area contributed by atoms with Crippen molar-refractivity contribution < 1.29 is 27.0 Å². The van der Waals surface area contributed by atoms with E-state index in [0.717, 1.165) is 12.8 Å². The van der Waals surface area contributed by atoms with Crippen LogP contribution in [0, 0.1) is 0 Å². The van der Waals surface area contributed by atoms with Crippen molar-refractivity contribution >= 4 is 10.4 Å². The molecule has 0 saturated carbocycles. The topological polar surface area (TPSA) is 93.1 Å². The molecule has 2 N–H and O–H groups in total. The molecule has 0 saturated heterocycles. The molecule has 1 unspecified atom stereocenters. The van der Waals surface area contributed by atoms with E-state index in [1.165, 1.54) is 25.7 Å². The van der Waals surface area contributed by atoms with Crippen LogP contribution in [0.15, 0.2) is 0 Å². The summed E-state index contributed by atoms with van der Waals surface area (Å²) in [7, 11) is -4.53. The molecule has 0 aliphatic rings. The third kappa shape index (κ3) is 12.3. The van der Waals surface area contributed by atoms with Crippen LogP contribution in [0.3, 0.4) is 0 Å². The van der Waals surface area contributed by atoms with Crippen LogP contribution in [-0.2, 0) is 19.3 Å².